The number of rotatable bonds is 7. The Kier molecular flexibility index (Phi) is 6.06. The molecule has 1 aromatic carbocycles. The lowest BCUT2D eigenvalue weighted by atomic mass is 10.1. The number of aliphatic carboxylic acids is 1. The number of carboxylic acid groups (broad SMARTS) is 1. The van der Waals surface area contributed by atoms with E-state index < -0.39 is 10.9 Å². The van der Waals surface area contributed by atoms with E-state index in [-0.39, 0.29) is 30.5 Å². The van der Waals surface area contributed by atoms with E-state index >= 15 is 0 Å². The number of benzene rings is 1. The van der Waals surface area contributed by atoms with Gasteiger partial charge in [-0.05, 0) is 29.7 Å². The van der Waals surface area contributed by atoms with E-state index in [2.05, 4.69) is 5.32 Å². The molecule has 0 aliphatic rings. The third-order valence-electron chi connectivity index (χ3n) is 2.68. The predicted octanol–water partition coefficient (Wildman–Crippen LogP) is 1.83. The number of nitrogens with one attached hydrogen (secondary N) is 1. The Morgan fingerprint density at radius 3 is 2.52 bits per heavy atom. The van der Waals surface area contributed by atoms with Crippen LogP contribution in [0.4, 0.5) is 5.69 Å². The van der Waals surface area contributed by atoms with Crippen molar-refractivity contribution in [1.29, 1.82) is 0 Å². The molecule has 1 unspecified atom stereocenters. The molecule has 2 N–H and O–H groups in total. The number of carbonyl (C=O) groups excluding carboxylic acids is 1. The molecular weight excluding hydrogens is 276 g/mol. The van der Waals surface area contributed by atoms with Crippen molar-refractivity contribution in [3.05, 3.63) is 46.0 Å². The lowest BCUT2D eigenvalue weighted by molar-refractivity contribution is -0.384. The lowest BCUT2D eigenvalue weighted by Crippen LogP contribution is -2.27. The molecule has 0 fully saturated rings. The molecule has 0 aromatic heterocycles. The normalized spacial score (nSPS) is 12.0. The number of nitro groups is 1. The molecule has 21 heavy (non-hydrogen) atoms. The lowest BCUT2D eigenvalue weighted by Gasteiger charge is -2.08. The fraction of sp³-hybridized carbons (Fsp3) is 0.286. The molecule has 0 spiro atoms. The van der Waals surface area contributed by atoms with Gasteiger partial charge in [0.05, 0.1) is 4.92 Å². The van der Waals surface area contributed by atoms with Gasteiger partial charge in [0.1, 0.15) is 0 Å². The molecule has 0 aliphatic carbocycles. The highest BCUT2D eigenvalue weighted by Crippen LogP contribution is 2.12. The van der Waals surface area contributed by atoms with Crippen LogP contribution >= 0.6 is 0 Å². The first-order valence-electron chi connectivity index (χ1n) is 6.30. The van der Waals surface area contributed by atoms with Gasteiger partial charge in [0, 0.05) is 31.2 Å². The van der Waals surface area contributed by atoms with E-state index in [1.807, 2.05) is 0 Å². The Morgan fingerprint density at radius 1 is 1.38 bits per heavy atom. The summed E-state index contributed by atoms with van der Waals surface area (Å²) in [5.74, 6) is -1.40. The van der Waals surface area contributed by atoms with Crippen LogP contribution in [0.1, 0.15) is 18.9 Å². The fourth-order valence-electron chi connectivity index (χ4n) is 1.58. The molecule has 0 saturated heterocycles. The van der Waals surface area contributed by atoms with E-state index in [9.17, 15) is 19.7 Å². The van der Waals surface area contributed by atoms with Gasteiger partial charge < -0.3 is 10.4 Å². The van der Waals surface area contributed by atoms with Crippen molar-refractivity contribution in [3.8, 4) is 0 Å². The molecular formula is C14H16N2O5. The first-order chi connectivity index (χ1) is 9.88. The van der Waals surface area contributed by atoms with Crippen molar-refractivity contribution in [2.45, 2.75) is 13.3 Å². The molecule has 112 valence electrons. The van der Waals surface area contributed by atoms with Gasteiger partial charge in [0.15, 0.2) is 0 Å². The zero-order valence-corrected chi connectivity index (χ0v) is 11.5. The number of nitro benzene ring substituents is 1. The first kappa shape index (κ1) is 16.4. The maximum absolute atomic E-state index is 11.5. The predicted molar refractivity (Wildman–Crippen MR) is 76.6 cm³/mol. The standard InChI is InChI=1S/C14H16N2O5/c1-10(8-14(18)19)9-15-13(17)7-4-11-2-5-12(6-3-11)16(20)21/h2-7,10H,8-9H2,1H3,(H,15,17)(H,18,19)/b7-4+. The molecule has 7 heteroatoms. The van der Waals surface area contributed by atoms with E-state index in [0.29, 0.717) is 5.56 Å². The van der Waals surface area contributed by atoms with Gasteiger partial charge in [-0.15, -0.1) is 0 Å². The van der Waals surface area contributed by atoms with Crippen LogP contribution in [0.15, 0.2) is 30.3 Å². The maximum atomic E-state index is 11.5. The number of carbonyl (C=O) groups is 2. The SMILES string of the molecule is CC(CNC(=O)/C=C/c1ccc([N+](=O)[O-])cc1)CC(=O)O. The number of carboxylic acids is 1. The van der Waals surface area contributed by atoms with Crippen LogP contribution in [0.2, 0.25) is 0 Å². The highest BCUT2D eigenvalue weighted by Gasteiger charge is 2.08. The van der Waals surface area contributed by atoms with Crippen molar-refractivity contribution in [1.82, 2.24) is 5.32 Å². The van der Waals surface area contributed by atoms with Gasteiger partial charge in [0.25, 0.3) is 5.69 Å². The summed E-state index contributed by atoms with van der Waals surface area (Å²) in [6, 6.07) is 5.78. The molecule has 0 heterocycles. The van der Waals surface area contributed by atoms with E-state index in [1.165, 1.54) is 36.4 Å². The summed E-state index contributed by atoms with van der Waals surface area (Å²) < 4.78 is 0. The van der Waals surface area contributed by atoms with Gasteiger partial charge in [0.2, 0.25) is 5.91 Å². The third-order valence-corrected chi connectivity index (χ3v) is 2.68. The van der Waals surface area contributed by atoms with Gasteiger partial charge in [-0.25, -0.2) is 0 Å². The second kappa shape index (κ2) is 7.78. The zero-order chi connectivity index (χ0) is 15.8. The Labute approximate surface area is 121 Å². The molecule has 1 amide bonds. The molecule has 1 atom stereocenters. The minimum Gasteiger partial charge on any atom is -0.481 e. The van der Waals surface area contributed by atoms with E-state index in [4.69, 9.17) is 5.11 Å². The summed E-state index contributed by atoms with van der Waals surface area (Å²) >= 11 is 0. The minimum atomic E-state index is -0.904. The largest absolute Gasteiger partial charge is 0.481 e. The smallest absolute Gasteiger partial charge is 0.303 e. The van der Waals surface area contributed by atoms with Crippen LogP contribution in [-0.4, -0.2) is 28.5 Å². The number of hydrogen-bond donors (Lipinski definition) is 2. The second-order valence-corrected chi connectivity index (χ2v) is 4.63. The van der Waals surface area contributed by atoms with Crippen molar-refractivity contribution in [2.24, 2.45) is 5.92 Å². The van der Waals surface area contributed by atoms with Crippen molar-refractivity contribution >= 4 is 23.6 Å². The van der Waals surface area contributed by atoms with Crippen LogP contribution in [0, 0.1) is 16.0 Å². The van der Waals surface area contributed by atoms with Crippen LogP contribution in [0.5, 0.6) is 0 Å². The second-order valence-electron chi connectivity index (χ2n) is 4.63. The highest BCUT2D eigenvalue weighted by atomic mass is 16.6. The Balaban J connectivity index is 2.46. The summed E-state index contributed by atoms with van der Waals surface area (Å²) in [6.45, 7) is 2.00. The summed E-state index contributed by atoms with van der Waals surface area (Å²) in [6.07, 6.45) is 2.82. The van der Waals surface area contributed by atoms with Crippen LogP contribution < -0.4 is 5.32 Å². The van der Waals surface area contributed by atoms with Crippen LogP contribution in [-0.2, 0) is 9.59 Å². The van der Waals surface area contributed by atoms with Crippen molar-refractivity contribution in [2.75, 3.05) is 6.54 Å². The summed E-state index contributed by atoms with van der Waals surface area (Å²) in [7, 11) is 0. The molecule has 1 rings (SSSR count). The van der Waals surface area contributed by atoms with E-state index in [1.54, 1.807) is 6.92 Å². The fourth-order valence-corrected chi connectivity index (χ4v) is 1.58. The number of amides is 1. The molecule has 0 bridgehead atoms. The quantitative estimate of drug-likeness (QED) is 0.452. The average Bonchev–Trinajstić information content (AvgIpc) is 2.42. The molecule has 1 aromatic rings. The zero-order valence-electron chi connectivity index (χ0n) is 11.5. The molecule has 0 saturated carbocycles. The first-order valence-corrected chi connectivity index (χ1v) is 6.30. The maximum Gasteiger partial charge on any atom is 0.303 e. The minimum absolute atomic E-state index is 0.00759. The Bertz CT molecular complexity index is 551. The molecule has 0 aliphatic heterocycles. The van der Waals surface area contributed by atoms with Gasteiger partial charge in [-0.2, -0.15) is 0 Å². The van der Waals surface area contributed by atoms with Crippen LogP contribution in [0.25, 0.3) is 6.08 Å². The summed E-state index contributed by atoms with van der Waals surface area (Å²) in [5.41, 5.74) is 0.647. The average molecular weight is 292 g/mol. The highest BCUT2D eigenvalue weighted by molar-refractivity contribution is 5.91. The van der Waals surface area contributed by atoms with Crippen molar-refractivity contribution < 1.29 is 19.6 Å². The summed E-state index contributed by atoms with van der Waals surface area (Å²) in [4.78, 5) is 32.0. The summed E-state index contributed by atoms with van der Waals surface area (Å²) in [5, 5.41) is 21.7. The van der Waals surface area contributed by atoms with E-state index in [0.717, 1.165) is 0 Å². The van der Waals surface area contributed by atoms with Crippen LogP contribution in [0.3, 0.4) is 0 Å². The van der Waals surface area contributed by atoms with Crippen molar-refractivity contribution in [3.63, 3.8) is 0 Å². The number of hydrogen-bond acceptors (Lipinski definition) is 4. The third kappa shape index (κ3) is 6.33. The molecule has 0 radical (unpaired) electrons. The Morgan fingerprint density at radius 2 is 2.00 bits per heavy atom. The van der Waals surface area contributed by atoms with Gasteiger partial charge in [-0.1, -0.05) is 6.92 Å². The molecule has 7 nitrogen and oxygen atoms in total. The van der Waals surface area contributed by atoms with Gasteiger partial charge >= 0.3 is 5.97 Å². The number of non-ortho nitro benzene ring substituents is 1. The Hall–Kier alpha value is -2.70. The number of nitrogens with zero attached hydrogens (tertiary/aromatic N) is 1. The van der Waals surface area contributed by atoms with Gasteiger partial charge in [-0.3, -0.25) is 19.7 Å². The topological polar surface area (TPSA) is 110 Å². The monoisotopic (exact) mass is 292 g/mol.